The van der Waals surface area contributed by atoms with Crippen LogP contribution in [0.4, 0.5) is 0 Å². The molecule has 96 valence electrons. The van der Waals surface area contributed by atoms with Gasteiger partial charge in [0.1, 0.15) is 0 Å². The van der Waals surface area contributed by atoms with Gasteiger partial charge >= 0.3 is 0 Å². The smallest absolute Gasteiger partial charge is 0.240 e. The molecule has 0 aromatic heterocycles. The van der Waals surface area contributed by atoms with E-state index < -0.39 is 10.0 Å². The fourth-order valence-corrected chi connectivity index (χ4v) is 3.00. The van der Waals surface area contributed by atoms with Crippen LogP contribution in [0.2, 0.25) is 0 Å². The summed E-state index contributed by atoms with van der Waals surface area (Å²) in [4.78, 5) is 0.327. The summed E-state index contributed by atoms with van der Waals surface area (Å²) in [5.74, 6) is 0. The van der Waals surface area contributed by atoms with Crippen molar-refractivity contribution in [1.82, 2.24) is 4.72 Å². The molecule has 0 unspecified atom stereocenters. The van der Waals surface area contributed by atoms with Gasteiger partial charge < -0.3 is 5.11 Å². The Labute approximate surface area is 103 Å². The normalized spacial score (nSPS) is 11.7. The summed E-state index contributed by atoms with van der Waals surface area (Å²) in [6, 6.07) is 5.51. The third-order valence-corrected chi connectivity index (χ3v) is 4.16. The van der Waals surface area contributed by atoms with Crippen molar-refractivity contribution in [3.63, 3.8) is 0 Å². The molecule has 0 radical (unpaired) electrons. The molecule has 0 aliphatic carbocycles. The maximum absolute atomic E-state index is 12.0. The predicted molar refractivity (Wildman–Crippen MR) is 67.5 cm³/mol. The van der Waals surface area contributed by atoms with E-state index in [4.69, 9.17) is 5.11 Å². The van der Waals surface area contributed by atoms with Crippen LogP contribution in [0.15, 0.2) is 23.1 Å². The van der Waals surface area contributed by atoms with Crippen LogP contribution in [-0.4, -0.2) is 26.7 Å². The summed E-state index contributed by atoms with van der Waals surface area (Å²) in [5, 5.41) is 8.68. The maximum atomic E-state index is 12.0. The molecule has 0 spiro atoms. The summed E-state index contributed by atoms with van der Waals surface area (Å²) < 4.78 is 26.4. The molecule has 1 aromatic rings. The van der Waals surface area contributed by atoms with Crippen molar-refractivity contribution in [2.45, 2.75) is 31.6 Å². The van der Waals surface area contributed by atoms with Gasteiger partial charge in [-0.25, -0.2) is 13.1 Å². The summed E-state index contributed by atoms with van der Waals surface area (Å²) in [6.07, 6.45) is 1.46. The van der Waals surface area contributed by atoms with Crippen molar-refractivity contribution < 1.29 is 13.5 Å². The van der Waals surface area contributed by atoms with Crippen LogP contribution in [0, 0.1) is 0 Å². The van der Waals surface area contributed by atoms with Gasteiger partial charge in [-0.15, -0.1) is 0 Å². The molecule has 0 aliphatic rings. The Morgan fingerprint density at radius 3 is 2.47 bits per heavy atom. The zero-order valence-electron chi connectivity index (χ0n) is 10.2. The van der Waals surface area contributed by atoms with E-state index in [0.717, 1.165) is 17.5 Å². The molecule has 1 rings (SSSR count). The van der Waals surface area contributed by atoms with Crippen LogP contribution in [-0.2, 0) is 22.9 Å². The fourth-order valence-electron chi connectivity index (χ4n) is 1.62. The highest BCUT2D eigenvalue weighted by Gasteiger charge is 2.17. The molecule has 0 heterocycles. The lowest BCUT2D eigenvalue weighted by molar-refractivity contribution is 0.301. The lowest BCUT2D eigenvalue weighted by atomic mass is 10.1. The van der Waals surface area contributed by atoms with Gasteiger partial charge in [-0.3, -0.25) is 0 Å². The third kappa shape index (κ3) is 3.52. The van der Waals surface area contributed by atoms with Gasteiger partial charge in [-0.1, -0.05) is 26.0 Å². The first-order chi connectivity index (χ1) is 8.05. The average molecular weight is 257 g/mol. The third-order valence-electron chi connectivity index (χ3n) is 2.61. The second-order valence-corrected chi connectivity index (χ2v) is 5.51. The summed E-state index contributed by atoms with van der Waals surface area (Å²) in [6.45, 7) is 3.75. The van der Waals surface area contributed by atoms with E-state index in [-0.39, 0.29) is 13.2 Å². The Kier molecular flexibility index (Phi) is 5.11. The van der Waals surface area contributed by atoms with E-state index in [9.17, 15) is 8.42 Å². The van der Waals surface area contributed by atoms with Crippen molar-refractivity contribution in [2.24, 2.45) is 0 Å². The molecule has 17 heavy (non-hydrogen) atoms. The molecule has 0 fully saturated rings. The van der Waals surface area contributed by atoms with Gasteiger partial charge in [0.2, 0.25) is 10.0 Å². The van der Waals surface area contributed by atoms with Gasteiger partial charge in [0, 0.05) is 6.54 Å². The number of benzene rings is 1. The van der Waals surface area contributed by atoms with Gasteiger partial charge in [-0.2, -0.15) is 0 Å². The number of hydrogen-bond donors (Lipinski definition) is 2. The van der Waals surface area contributed by atoms with Crippen LogP contribution in [0.1, 0.15) is 25.0 Å². The molecule has 4 nitrogen and oxygen atoms in total. The standard InChI is InChI=1S/C12H19NO3S/c1-3-10-5-6-11(4-2)12(9-10)17(15,16)13-7-8-14/h5-6,9,13-14H,3-4,7-8H2,1-2H3. The topological polar surface area (TPSA) is 66.4 Å². The first-order valence-electron chi connectivity index (χ1n) is 5.77. The molecule has 2 N–H and O–H groups in total. The van der Waals surface area contributed by atoms with Crippen LogP contribution in [0.3, 0.4) is 0 Å². The number of aliphatic hydroxyl groups excluding tert-OH is 1. The Morgan fingerprint density at radius 1 is 1.24 bits per heavy atom. The monoisotopic (exact) mass is 257 g/mol. The zero-order chi connectivity index (χ0) is 12.9. The minimum Gasteiger partial charge on any atom is -0.395 e. The Bertz CT molecular complexity index is 469. The van der Waals surface area contributed by atoms with Crippen LogP contribution >= 0.6 is 0 Å². The summed E-state index contributed by atoms with van der Waals surface area (Å²) in [5.41, 5.74) is 1.79. The average Bonchev–Trinajstić information content (AvgIpc) is 2.35. The Morgan fingerprint density at radius 2 is 1.94 bits per heavy atom. The van der Waals surface area contributed by atoms with E-state index in [1.165, 1.54) is 0 Å². The van der Waals surface area contributed by atoms with Crippen molar-refractivity contribution in [2.75, 3.05) is 13.2 Å². The molecule has 0 saturated carbocycles. The SMILES string of the molecule is CCc1ccc(CC)c(S(=O)(=O)NCCO)c1. The molecule has 0 amide bonds. The number of aliphatic hydroxyl groups is 1. The number of hydrogen-bond acceptors (Lipinski definition) is 3. The first kappa shape index (κ1) is 14.2. The molecular formula is C12H19NO3S. The van der Waals surface area contributed by atoms with Crippen molar-refractivity contribution >= 4 is 10.0 Å². The van der Waals surface area contributed by atoms with Crippen LogP contribution in [0.25, 0.3) is 0 Å². The van der Waals surface area contributed by atoms with E-state index in [0.29, 0.717) is 11.3 Å². The number of rotatable bonds is 6. The molecule has 0 atom stereocenters. The van der Waals surface area contributed by atoms with Crippen LogP contribution < -0.4 is 4.72 Å². The highest BCUT2D eigenvalue weighted by Crippen LogP contribution is 2.18. The molecule has 0 aliphatic heterocycles. The van der Waals surface area contributed by atoms with Crippen LogP contribution in [0.5, 0.6) is 0 Å². The Balaban J connectivity index is 3.17. The van der Waals surface area contributed by atoms with E-state index in [2.05, 4.69) is 4.72 Å². The highest BCUT2D eigenvalue weighted by molar-refractivity contribution is 7.89. The minimum atomic E-state index is -3.51. The van der Waals surface area contributed by atoms with E-state index in [1.54, 1.807) is 6.07 Å². The lowest BCUT2D eigenvalue weighted by Gasteiger charge is -2.11. The fraction of sp³-hybridized carbons (Fsp3) is 0.500. The lowest BCUT2D eigenvalue weighted by Crippen LogP contribution is -2.27. The largest absolute Gasteiger partial charge is 0.395 e. The van der Waals surface area contributed by atoms with Gasteiger partial charge in [0.25, 0.3) is 0 Å². The van der Waals surface area contributed by atoms with Gasteiger partial charge in [0.05, 0.1) is 11.5 Å². The molecular weight excluding hydrogens is 238 g/mol. The summed E-state index contributed by atoms with van der Waals surface area (Å²) in [7, 11) is -3.51. The first-order valence-corrected chi connectivity index (χ1v) is 7.25. The molecule has 0 bridgehead atoms. The number of aryl methyl sites for hydroxylation is 2. The molecule has 5 heteroatoms. The van der Waals surface area contributed by atoms with Gasteiger partial charge in [-0.05, 0) is 30.0 Å². The summed E-state index contributed by atoms with van der Waals surface area (Å²) >= 11 is 0. The van der Waals surface area contributed by atoms with Crippen molar-refractivity contribution in [1.29, 1.82) is 0 Å². The second-order valence-electron chi connectivity index (χ2n) is 3.77. The van der Waals surface area contributed by atoms with E-state index in [1.807, 2.05) is 26.0 Å². The van der Waals surface area contributed by atoms with Gasteiger partial charge in [0.15, 0.2) is 0 Å². The second kappa shape index (κ2) is 6.14. The van der Waals surface area contributed by atoms with Crippen molar-refractivity contribution in [3.05, 3.63) is 29.3 Å². The zero-order valence-corrected chi connectivity index (χ0v) is 11.0. The minimum absolute atomic E-state index is 0.0435. The van der Waals surface area contributed by atoms with E-state index >= 15 is 0 Å². The number of sulfonamides is 1. The maximum Gasteiger partial charge on any atom is 0.240 e. The Hall–Kier alpha value is -0.910. The quantitative estimate of drug-likeness (QED) is 0.801. The molecule has 0 saturated heterocycles. The highest BCUT2D eigenvalue weighted by atomic mass is 32.2. The van der Waals surface area contributed by atoms with Crippen molar-refractivity contribution in [3.8, 4) is 0 Å². The predicted octanol–water partition coefficient (Wildman–Crippen LogP) is 1.08. The number of nitrogens with one attached hydrogen (secondary N) is 1. The molecule has 1 aromatic carbocycles.